The van der Waals surface area contributed by atoms with Gasteiger partial charge in [0, 0.05) is 0 Å². The van der Waals surface area contributed by atoms with Crippen molar-refractivity contribution >= 4 is 0 Å². The summed E-state index contributed by atoms with van der Waals surface area (Å²) in [6, 6.07) is -0.0984. The van der Waals surface area contributed by atoms with Crippen LogP contribution >= 0.6 is 0 Å². The first-order valence-corrected chi connectivity index (χ1v) is 5.68. The summed E-state index contributed by atoms with van der Waals surface area (Å²) < 4.78 is 1.94. The van der Waals surface area contributed by atoms with Crippen molar-refractivity contribution in [1.29, 1.82) is 0 Å². The molecule has 2 rings (SSSR count). The molecule has 5 nitrogen and oxygen atoms in total. The summed E-state index contributed by atoms with van der Waals surface area (Å²) in [5.74, 6) is 0.805. The molecule has 0 bridgehead atoms. The van der Waals surface area contributed by atoms with Gasteiger partial charge in [0.25, 0.3) is 0 Å². The highest BCUT2D eigenvalue weighted by atomic mass is 15.6. The van der Waals surface area contributed by atoms with Crippen LogP contribution in [0.2, 0.25) is 0 Å². The number of tetrazole rings is 1. The Labute approximate surface area is 90.0 Å². The minimum atomic E-state index is -0.0984. The fraction of sp³-hybridized carbons (Fsp3) is 0.900. The van der Waals surface area contributed by atoms with Gasteiger partial charge in [-0.1, -0.05) is 19.3 Å². The number of rotatable bonds is 2. The number of nitrogens with zero attached hydrogens (tertiary/aromatic N) is 4. The molecule has 15 heavy (non-hydrogen) atoms. The zero-order valence-corrected chi connectivity index (χ0v) is 9.48. The Bertz CT molecular complexity index is 324. The van der Waals surface area contributed by atoms with E-state index in [2.05, 4.69) is 22.4 Å². The van der Waals surface area contributed by atoms with Crippen LogP contribution in [0.4, 0.5) is 0 Å². The van der Waals surface area contributed by atoms with Gasteiger partial charge < -0.3 is 5.73 Å². The van der Waals surface area contributed by atoms with E-state index in [0.29, 0.717) is 0 Å². The van der Waals surface area contributed by atoms with Gasteiger partial charge in [-0.25, -0.2) is 4.68 Å². The highest BCUT2D eigenvalue weighted by Crippen LogP contribution is 2.34. The molecule has 1 aliphatic carbocycles. The first-order chi connectivity index (χ1) is 7.13. The summed E-state index contributed by atoms with van der Waals surface area (Å²) in [7, 11) is 0. The zero-order chi connectivity index (χ0) is 10.9. The van der Waals surface area contributed by atoms with Gasteiger partial charge in [-0.2, -0.15) is 0 Å². The molecule has 0 radical (unpaired) electrons. The van der Waals surface area contributed by atoms with Crippen molar-refractivity contribution in [3.05, 3.63) is 5.82 Å². The van der Waals surface area contributed by atoms with Crippen molar-refractivity contribution in [2.75, 3.05) is 0 Å². The molecule has 84 valence electrons. The predicted molar refractivity (Wildman–Crippen MR) is 57.2 cm³/mol. The van der Waals surface area contributed by atoms with E-state index >= 15 is 0 Å². The normalized spacial score (nSPS) is 22.6. The van der Waals surface area contributed by atoms with Crippen LogP contribution in [0, 0.1) is 0 Å². The maximum atomic E-state index is 5.86. The third-order valence-electron chi connectivity index (χ3n) is 3.34. The highest BCUT2D eigenvalue weighted by Gasteiger charge is 2.32. The molecule has 0 amide bonds. The van der Waals surface area contributed by atoms with Crippen LogP contribution in [0.3, 0.4) is 0 Å². The molecule has 0 saturated heterocycles. The largest absolute Gasteiger partial charge is 0.322 e. The van der Waals surface area contributed by atoms with E-state index in [-0.39, 0.29) is 11.6 Å². The van der Waals surface area contributed by atoms with E-state index < -0.39 is 0 Å². The van der Waals surface area contributed by atoms with Gasteiger partial charge in [0.2, 0.25) is 0 Å². The molecule has 0 aliphatic heterocycles. The van der Waals surface area contributed by atoms with Crippen molar-refractivity contribution < 1.29 is 0 Å². The van der Waals surface area contributed by atoms with Crippen molar-refractivity contribution in [3.8, 4) is 0 Å². The Morgan fingerprint density at radius 3 is 2.60 bits per heavy atom. The average Bonchev–Trinajstić information content (AvgIpc) is 2.67. The average molecular weight is 209 g/mol. The van der Waals surface area contributed by atoms with Crippen LogP contribution in [-0.2, 0) is 5.54 Å². The number of aromatic nitrogens is 4. The number of hydrogen-bond acceptors (Lipinski definition) is 4. The molecule has 1 aromatic rings. The molecule has 1 fully saturated rings. The second-order valence-corrected chi connectivity index (χ2v) is 4.80. The quantitative estimate of drug-likeness (QED) is 0.798. The van der Waals surface area contributed by atoms with E-state index in [4.69, 9.17) is 5.73 Å². The van der Waals surface area contributed by atoms with Gasteiger partial charge in [-0.05, 0) is 37.1 Å². The van der Waals surface area contributed by atoms with Crippen LogP contribution in [-0.4, -0.2) is 20.2 Å². The summed E-state index contributed by atoms with van der Waals surface area (Å²) >= 11 is 0. The van der Waals surface area contributed by atoms with Gasteiger partial charge in [0.1, 0.15) is 0 Å². The molecule has 2 N–H and O–H groups in total. The topological polar surface area (TPSA) is 69.6 Å². The van der Waals surface area contributed by atoms with Crippen LogP contribution < -0.4 is 5.73 Å². The Morgan fingerprint density at radius 2 is 2.00 bits per heavy atom. The number of hydrogen-bond donors (Lipinski definition) is 1. The SMILES string of the molecule is CC(N)c1nnnn1C1(C)CCCCC1. The van der Waals surface area contributed by atoms with Crippen molar-refractivity contribution in [2.24, 2.45) is 5.73 Å². The molecule has 1 aromatic heterocycles. The summed E-state index contributed by atoms with van der Waals surface area (Å²) in [6.07, 6.45) is 6.14. The van der Waals surface area contributed by atoms with Crippen molar-refractivity contribution in [3.63, 3.8) is 0 Å². The molecular formula is C10H19N5. The zero-order valence-electron chi connectivity index (χ0n) is 9.48. The Kier molecular flexibility index (Phi) is 2.73. The fourth-order valence-electron chi connectivity index (χ4n) is 2.39. The monoisotopic (exact) mass is 209 g/mol. The smallest absolute Gasteiger partial charge is 0.168 e. The summed E-state index contributed by atoms with van der Waals surface area (Å²) in [5.41, 5.74) is 5.94. The lowest BCUT2D eigenvalue weighted by Gasteiger charge is -2.34. The molecule has 1 atom stereocenters. The molecular weight excluding hydrogens is 190 g/mol. The molecule has 1 aliphatic rings. The third kappa shape index (κ3) is 1.88. The van der Waals surface area contributed by atoms with Crippen LogP contribution in [0.1, 0.15) is 57.8 Å². The van der Waals surface area contributed by atoms with E-state index in [1.54, 1.807) is 0 Å². The van der Waals surface area contributed by atoms with Crippen molar-refractivity contribution in [2.45, 2.75) is 57.5 Å². The summed E-state index contributed by atoms with van der Waals surface area (Å²) in [4.78, 5) is 0. The Balaban J connectivity index is 2.30. The van der Waals surface area contributed by atoms with E-state index in [1.165, 1.54) is 19.3 Å². The van der Waals surface area contributed by atoms with E-state index in [9.17, 15) is 0 Å². The van der Waals surface area contributed by atoms with Crippen LogP contribution in [0.25, 0.3) is 0 Å². The molecule has 0 aromatic carbocycles. The minimum Gasteiger partial charge on any atom is -0.322 e. The van der Waals surface area contributed by atoms with Crippen LogP contribution in [0.15, 0.2) is 0 Å². The van der Waals surface area contributed by atoms with E-state index in [1.807, 2.05) is 11.6 Å². The highest BCUT2D eigenvalue weighted by molar-refractivity contribution is 4.95. The predicted octanol–water partition coefficient (Wildman–Crippen LogP) is 1.37. The summed E-state index contributed by atoms with van der Waals surface area (Å²) in [6.45, 7) is 4.16. The summed E-state index contributed by atoms with van der Waals surface area (Å²) in [5, 5.41) is 11.9. The molecule has 0 spiro atoms. The van der Waals surface area contributed by atoms with Gasteiger partial charge >= 0.3 is 0 Å². The first-order valence-electron chi connectivity index (χ1n) is 5.68. The lowest BCUT2D eigenvalue weighted by Crippen LogP contribution is -2.36. The minimum absolute atomic E-state index is 0.0741. The maximum Gasteiger partial charge on any atom is 0.168 e. The van der Waals surface area contributed by atoms with Crippen LogP contribution in [0.5, 0.6) is 0 Å². The van der Waals surface area contributed by atoms with Gasteiger partial charge in [0.05, 0.1) is 11.6 Å². The standard InChI is InChI=1S/C10H19N5/c1-8(11)9-12-13-14-15(9)10(2)6-4-3-5-7-10/h8H,3-7,11H2,1-2H3. The molecule has 1 unspecified atom stereocenters. The van der Waals surface area contributed by atoms with Gasteiger partial charge in [-0.3, -0.25) is 0 Å². The maximum absolute atomic E-state index is 5.86. The lowest BCUT2D eigenvalue weighted by atomic mass is 9.83. The molecule has 1 heterocycles. The van der Waals surface area contributed by atoms with Gasteiger partial charge in [0.15, 0.2) is 5.82 Å². The van der Waals surface area contributed by atoms with Crippen molar-refractivity contribution in [1.82, 2.24) is 20.2 Å². The second-order valence-electron chi connectivity index (χ2n) is 4.80. The van der Waals surface area contributed by atoms with Gasteiger partial charge in [-0.15, -0.1) is 5.10 Å². The molecule has 5 heteroatoms. The second kappa shape index (κ2) is 3.89. The molecule has 1 saturated carbocycles. The van der Waals surface area contributed by atoms with E-state index in [0.717, 1.165) is 18.7 Å². The Hall–Kier alpha value is -0.970. The fourth-order valence-corrected chi connectivity index (χ4v) is 2.39. The third-order valence-corrected chi connectivity index (χ3v) is 3.34. The Morgan fingerprint density at radius 1 is 1.33 bits per heavy atom. The number of nitrogens with two attached hydrogens (primary N) is 1. The first kappa shape index (κ1) is 10.5. The lowest BCUT2D eigenvalue weighted by molar-refractivity contribution is 0.186.